The first kappa shape index (κ1) is 10.2. The molecule has 0 aliphatic carbocycles. The van der Waals surface area contributed by atoms with Crippen molar-refractivity contribution in [2.45, 2.75) is 13.5 Å². The Bertz CT molecular complexity index is 322. The van der Waals surface area contributed by atoms with Crippen molar-refractivity contribution in [1.29, 1.82) is 0 Å². The van der Waals surface area contributed by atoms with E-state index in [0.717, 1.165) is 18.8 Å². The smallest absolute Gasteiger partial charge is 0.225 e. The molecule has 15 heavy (non-hydrogen) atoms. The van der Waals surface area contributed by atoms with Crippen molar-refractivity contribution in [3.05, 3.63) is 18.0 Å². The molecule has 1 saturated heterocycles. The minimum atomic E-state index is 0.105. The van der Waals surface area contributed by atoms with Gasteiger partial charge in [0.1, 0.15) is 0 Å². The van der Waals surface area contributed by atoms with E-state index in [2.05, 4.69) is 27.8 Å². The molecule has 1 aliphatic rings. The van der Waals surface area contributed by atoms with Gasteiger partial charge in [-0.2, -0.15) is 5.10 Å². The van der Waals surface area contributed by atoms with Crippen LogP contribution in [0.5, 0.6) is 0 Å². The van der Waals surface area contributed by atoms with Crippen LogP contribution in [0.1, 0.15) is 12.6 Å². The predicted molar refractivity (Wildman–Crippen MR) is 56.0 cm³/mol. The Hall–Kier alpha value is -1.36. The van der Waals surface area contributed by atoms with E-state index >= 15 is 0 Å². The van der Waals surface area contributed by atoms with Crippen LogP contribution in [-0.4, -0.2) is 29.2 Å². The van der Waals surface area contributed by atoms with Crippen LogP contribution in [0.4, 0.5) is 0 Å². The zero-order valence-corrected chi connectivity index (χ0v) is 8.79. The van der Waals surface area contributed by atoms with Crippen molar-refractivity contribution in [3.8, 4) is 0 Å². The van der Waals surface area contributed by atoms with Crippen LogP contribution in [0.15, 0.2) is 12.3 Å². The summed E-state index contributed by atoms with van der Waals surface area (Å²) in [6.07, 6.45) is 1.68. The second-order valence-electron chi connectivity index (χ2n) is 4.04. The van der Waals surface area contributed by atoms with E-state index in [0.29, 0.717) is 12.5 Å². The Kier molecular flexibility index (Phi) is 3.01. The zero-order chi connectivity index (χ0) is 10.7. The quantitative estimate of drug-likeness (QED) is 0.648. The number of hydrogen-bond donors (Lipinski definition) is 3. The van der Waals surface area contributed by atoms with Gasteiger partial charge < -0.3 is 10.6 Å². The molecule has 0 spiro atoms. The largest absolute Gasteiger partial charge is 0.350 e. The van der Waals surface area contributed by atoms with Gasteiger partial charge in [-0.3, -0.25) is 9.89 Å². The highest BCUT2D eigenvalue weighted by atomic mass is 16.1. The number of carbonyl (C=O) groups is 1. The van der Waals surface area contributed by atoms with Crippen molar-refractivity contribution in [2.24, 2.45) is 11.8 Å². The summed E-state index contributed by atoms with van der Waals surface area (Å²) in [5.41, 5.74) is 0.932. The van der Waals surface area contributed by atoms with Crippen LogP contribution in [0.2, 0.25) is 0 Å². The fourth-order valence-corrected chi connectivity index (χ4v) is 1.86. The van der Waals surface area contributed by atoms with E-state index in [1.807, 2.05) is 6.07 Å². The molecule has 2 atom stereocenters. The number of aromatic nitrogens is 2. The standard InChI is InChI=1S/C10H16N4O/c1-7-4-11-6-9(7)10(15)12-5-8-2-3-13-14-8/h2-3,7,9,11H,4-6H2,1H3,(H,12,15)(H,13,14). The Morgan fingerprint density at radius 2 is 2.53 bits per heavy atom. The maximum atomic E-state index is 11.8. The molecule has 3 N–H and O–H groups in total. The van der Waals surface area contributed by atoms with E-state index in [4.69, 9.17) is 0 Å². The molecule has 82 valence electrons. The first-order valence-electron chi connectivity index (χ1n) is 5.24. The Labute approximate surface area is 88.6 Å². The lowest BCUT2D eigenvalue weighted by Crippen LogP contribution is -2.33. The predicted octanol–water partition coefficient (Wildman–Crippen LogP) is -0.119. The summed E-state index contributed by atoms with van der Waals surface area (Å²) in [6.45, 7) is 4.35. The van der Waals surface area contributed by atoms with Gasteiger partial charge >= 0.3 is 0 Å². The molecule has 5 heteroatoms. The number of nitrogens with one attached hydrogen (secondary N) is 3. The van der Waals surface area contributed by atoms with Crippen LogP contribution in [0, 0.1) is 11.8 Å². The summed E-state index contributed by atoms with van der Waals surface area (Å²) in [4.78, 5) is 11.8. The first-order chi connectivity index (χ1) is 7.27. The van der Waals surface area contributed by atoms with Gasteiger partial charge in [-0.1, -0.05) is 6.92 Å². The van der Waals surface area contributed by atoms with E-state index in [1.165, 1.54) is 0 Å². The number of hydrogen-bond acceptors (Lipinski definition) is 3. The summed E-state index contributed by atoms with van der Waals surface area (Å²) < 4.78 is 0. The number of aromatic amines is 1. The van der Waals surface area contributed by atoms with Gasteiger partial charge in [0.2, 0.25) is 5.91 Å². The van der Waals surface area contributed by atoms with Gasteiger partial charge in [0.15, 0.2) is 0 Å². The molecule has 0 saturated carbocycles. The zero-order valence-electron chi connectivity index (χ0n) is 8.79. The molecule has 1 aromatic heterocycles. The van der Waals surface area contributed by atoms with Crippen molar-refractivity contribution < 1.29 is 4.79 Å². The maximum absolute atomic E-state index is 11.8. The summed E-state index contributed by atoms with van der Waals surface area (Å²) in [5.74, 6) is 0.654. The van der Waals surface area contributed by atoms with Crippen molar-refractivity contribution >= 4 is 5.91 Å². The topological polar surface area (TPSA) is 69.8 Å². The second kappa shape index (κ2) is 4.44. The first-order valence-corrected chi connectivity index (χ1v) is 5.24. The molecular formula is C10H16N4O. The molecule has 2 heterocycles. The third-order valence-corrected chi connectivity index (χ3v) is 2.87. The van der Waals surface area contributed by atoms with Gasteiger partial charge in [0.05, 0.1) is 18.2 Å². The third kappa shape index (κ3) is 2.36. The Morgan fingerprint density at radius 3 is 3.13 bits per heavy atom. The molecule has 0 aromatic carbocycles. The third-order valence-electron chi connectivity index (χ3n) is 2.87. The van der Waals surface area contributed by atoms with E-state index in [1.54, 1.807) is 6.20 Å². The summed E-state index contributed by atoms with van der Waals surface area (Å²) in [6, 6.07) is 1.86. The summed E-state index contributed by atoms with van der Waals surface area (Å²) in [5, 5.41) is 12.8. The van der Waals surface area contributed by atoms with Crippen molar-refractivity contribution in [2.75, 3.05) is 13.1 Å². The SMILES string of the molecule is CC1CNCC1C(=O)NCc1ccn[nH]1. The second-order valence-corrected chi connectivity index (χ2v) is 4.04. The molecule has 1 amide bonds. The summed E-state index contributed by atoms with van der Waals surface area (Å²) in [7, 11) is 0. The van der Waals surface area contributed by atoms with Gasteiger partial charge in [0.25, 0.3) is 0 Å². The minimum Gasteiger partial charge on any atom is -0.350 e. The highest BCUT2D eigenvalue weighted by Gasteiger charge is 2.29. The highest BCUT2D eigenvalue weighted by molar-refractivity contribution is 5.79. The maximum Gasteiger partial charge on any atom is 0.225 e. The van der Waals surface area contributed by atoms with Gasteiger partial charge in [-0.25, -0.2) is 0 Å². The molecule has 2 unspecified atom stereocenters. The van der Waals surface area contributed by atoms with Crippen molar-refractivity contribution in [1.82, 2.24) is 20.8 Å². The fourth-order valence-electron chi connectivity index (χ4n) is 1.86. The molecule has 5 nitrogen and oxygen atoms in total. The Balaban J connectivity index is 1.82. The molecule has 1 aromatic rings. The van der Waals surface area contributed by atoms with Gasteiger partial charge in [-0.05, 0) is 18.5 Å². The van der Waals surface area contributed by atoms with Crippen LogP contribution in [0.25, 0.3) is 0 Å². The van der Waals surface area contributed by atoms with Crippen LogP contribution in [-0.2, 0) is 11.3 Å². The molecular weight excluding hydrogens is 192 g/mol. The number of rotatable bonds is 3. The molecule has 1 aliphatic heterocycles. The van der Waals surface area contributed by atoms with E-state index in [-0.39, 0.29) is 11.8 Å². The monoisotopic (exact) mass is 208 g/mol. The molecule has 1 fully saturated rings. The number of carbonyl (C=O) groups excluding carboxylic acids is 1. The van der Waals surface area contributed by atoms with Crippen LogP contribution >= 0.6 is 0 Å². The van der Waals surface area contributed by atoms with Gasteiger partial charge in [0, 0.05) is 12.7 Å². The molecule has 0 radical (unpaired) electrons. The van der Waals surface area contributed by atoms with Gasteiger partial charge in [-0.15, -0.1) is 0 Å². The molecule has 2 rings (SSSR count). The number of nitrogens with zero attached hydrogens (tertiary/aromatic N) is 1. The minimum absolute atomic E-state index is 0.105. The highest BCUT2D eigenvalue weighted by Crippen LogP contribution is 2.15. The lowest BCUT2D eigenvalue weighted by atomic mass is 9.97. The van der Waals surface area contributed by atoms with E-state index < -0.39 is 0 Å². The molecule has 0 bridgehead atoms. The average molecular weight is 208 g/mol. The number of H-pyrrole nitrogens is 1. The number of amides is 1. The van der Waals surface area contributed by atoms with E-state index in [9.17, 15) is 4.79 Å². The average Bonchev–Trinajstić information content (AvgIpc) is 2.84. The van der Waals surface area contributed by atoms with Crippen LogP contribution < -0.4 is 10.6 Å². The van der Waals surface area contributed by atoms with Crippen molar-refractivity contribution in [3.63, 3.8) is 0 Å². The fraction of sp³-hybridized carbons (Fsp3) is 0.600. The van der Waals surface area contributed by atoms with Crippen LogP contribution in [0.3, 0.4) is 0 Å². The summed E-state index contributed by atoms with van der Waals surface area (Å²) >= 11 is 0. The Morgan fingerprint density at radius 1 is 1.67 bits per heavy atom. The normalized spacial score (nSPS) is 25.4. The lowest BCUT2D eigenvalue weighted by molar-refractivity contribution is -0.125. The lowest BCUT2D eigenvalue weighted by Gasteiger charge is -2.13.